The number of nitrogens with zero attached hydrogens (tertiary/aromatic N) is 5. The molecule has 0 aliphatic rings. The van der Waals surface area contributed by atoms with Crippen LogP contribution in [0.4, 0.5) is 26.3 Å². The molecule has 0 aliphatic heterocycles. The van der Waals surface area contributed by atoms with Gasteiger partial charge in [0.25, 0.3) is 0 Å². The SMILES string of the molecule is N#Cc1ccc(-c2nc3ccc4c(-c5ccccc5-c5cc(C(F)(F)F)cc(C(F)(F)F)c5)nc5ccccc5c4c3nc2-c2ccc(C#N)cc2)cc1. The van der Waals surface area contributed by atoms with Crippen molar-refractivity contribution in [3.63, 3.8) is 0 Å². The highest BCUT2D eigenvalue weighted by Gasteiger charge is 2.37. The van der Waals surface area contributed by atoms with Crippen LogP contribution in [0.3, 0.4) is 0 Å². The summed E-state index contributed by atoms with van der Waals surface area (Å²) < 4.78 is 83.7. The number of pyridine rings is 1. The Morgan fingerprint density at radius 3 is 1.54 bits per heavy atom. The highest BCUT2D eigenvalue weighted by Crippen LogP contribution is 2.44. The van der Waals surface area contributed by atoms with Gasteiger partial charge in [-0.15, -0.1) is 0 Å². The number of fused-ring (bicyclic) bond motifs is 5. The zero-order chi connectivity index (χ0) is 37.8. The van der Waals surface area contributed by atoms with E-state index in [-0.39, 0.29) is 17.2 Å². The number of nitriles is 2. The van der Waals surface area contributed by atoms with E-state index in [9.17, 15) is 36.9 Å². The Balaban J connectivity index is 1.44. The minimum Gasteiger partial charge on any atom is -0.247 e. The number of alkyl halides is 6. The van der Waals surface area contributed by atoms with Crippen LogP contribution in [0.5, 0.6) is 0 Å². The quantitative estimate of drug-likeness (QED) is 0.133. The van der Waals surface area contributed by atoms with E-state index in [0.29, 0.717) is 89.7 Å². The zero-order valence-electron chi connectivity index (χ0n) is 27.6. The van der Waals surface area contributed by atoms with Crippen molar-refractivity contribution in [2.45, 2.75) is 12.4 Å². The van der Waals surface area contributed by atoms with Gasteiger partial charge >= 0.3 is 12.4 Å². The molecule has 0 saturated carbocycles. The van der Waals surface area contributed by atoms with Crippen molar-refractivity contribution >= 4 is 32.7 Å². The monoisotopic (exact) mass is 721 g/mol. The number of benzene rings is 6. The Labute approximate surface area is 303 Å². The van der Waals surface area contributed by atoms with E-state index < -0.39 is 23.5 Å². The standard InChI is InChI=1S/C43H21F6N5/c44-42(45,46)29-19-28(20-30(21-29)43(47,48)49)31-5-1-2-6-32(31)40-34-17-18-36-41(37(34)33-7-3-4-8-35(33)52-40)54-39(27-15-11-25(23-51)12-16-27)38(53-36)26-13-9-24(22-50)10-14-26/h1-21H. The highest BCUT2D eigenvalue weighted by atomic mass is 19.4. The van der Waals surface area contributed by atoms with E-state index in [0.717, 1.165) is 0 Å². The lowest BCUT2D eigenvalue weighted by Gasteiger charge is -2.18. The predicted molar refractivity (Wildman–Crippen MR) is 194 cm³/mol. The molecule has 54 heavy (non-hydrogen) atoms. The summed E-state index contributed by atoms with van der Waals surface area (Å²) in [5.74, 6) is 0. The third-order valence-corrected chi connectivity index (χ3v) is 9.15. The van der Waals surface area contributed by atoms with Crippen molar-refractivity contribution in [3.8, 4) is 57.0 Å². The summed E-state index contributed by atoms with van der Waals surface area (Å²) in [5, 5.41) is 20.7. The molecule has 0 fully saturated rings. The number of hydrogen-bond donors (Lipinski definition) is 0. The van der Waals surface area contributed by atoms with Crippen LogP contribution in [-0.4, -0.2) is 15.0 Å². The summed E-state index contributed by atoms with van der Waals surface area (Å²) in [5.41, 5.74) is 2.39. The van der Waals surface area contributed by atoms with Crippen LogP contribution < -0.4 is 0 Å². The van der Waals surface area contributed by atoms with Crippen molar-refractivity contribution in [2.75, 3.05) is 0 Å². The van der Waals surface area contributed by atoms with E-state index in [1.54, 1.807) is 91.0 Å². The third kappa shape index (κ3) is 6.02. The van der Waals surface area contributed by atoms with Gasteiger partial charge in [-0.1, -0.05) is 66.7 Å². The Kier molecular flexibility index (Phi) is 8.08. The molecule has 2 heterocycles. The molecular formula is C43H21F6N5. The highest BCUT2D eigenvalue weighted by molar-refractivity contribution is 6.21. The molecule has 8 rings (SSSR count). The molecule has 0 amide bonds. The molecule has 0 N–H and O–H groups in total. The number of aromatic nitrogens is 3. The average Bonchev–Trinajstić information content (AvgIpc) is 3.19. The Morgan fingerprint density at radius 2 is 0.963 bits per heavy atom. The molecular weight excluding hydrogens is 700 g/mol. The summed E-state index contributed by atoms with van der Waals surface area (Å²) >= 11 is 0. The topological polar surface area (TPSA) is 86.2 Å². The lowest BCUT2D eigenvalue weighted by atomic mass is 9.91. The molecule has 6 aromatic carbocycles. The number of hydrogen-bond acceptors (Lipinski definition) is 5. The van der Waals surface area contributed by atoms with Gasteiger partial charge < -0.3 is 0 Å². The summed E-state index contributed by atoms with van der Waals surface area (Å²) in [4.78, 5) is 15.2. The van der Waals surface area contributed by atoms with Gasteiger partial charge in [0.1, 0.15) is 0 Å². The first-order chi connectivity index (χ1) is 25.9. The zero-order valence-corrected chi connectivity index (χ0v) is 27.6. The Bertz CT molecular complexity index is 2830. The van der Waals surface area contributed by atoms with Crippen LogP contribution in [0.1, 0.15) is 22.3 Å². The van der Waals surface area contributed by atoms with E-state index >= 15 is 0 Å². The second kappa shape index (κ2) is 12.8. The first-order valence-corrected chi connectivity index (χ1v) is 16.4. The van der Waals surface area contributed by atoms with Crippen LogP contribution in [0.25, 0.3) is 77.6 Å². The van der Waals surface area contributed by atoms with Gasteiger partial charge in [-0.2, -0.15) is 36.9 Å². The molecule has 8 aromatic rings. The summed E-state index contributed by atoms with van der Waals surface area (Å²) in [6.45, 7) is 0. The molecule has 0 atom stereocenters. The van der Waals surface area contributed by atoms with Crippen LogP contribution in [0.2, 0.25) is 0 Å². The van der Waals surface area contributed by atoms with Gasteiger partial charge in [0, 0.05) is 32.8 Å². The van der Waals surface area contributed by atoms with Gasteiger partial charge in [0.15, 0.2) is 0 Å². The van der Waals surface area contributed by atoms with E-state index in [4.69, 9.17) is 15.0 Å². The van der Waals surface area contributed by atoms with Gasteiger partial charge in [-0.05, 0) is 71.8 Å². The second-order valence-electron chi connectivity index (χ2n) is 12.5. The second-order valence-corrected chi connectivity index (χ2v) is 12.5. The number of para-hydroxylation sites is 1. The smallest absolute Gasteiger partial charge is 0.247 e. The van der Waals surface area contributed by atoms with Crippen LogP contribution in [0.15, 0.2) is 127 Å². The fraction of sp³-hybridized carbons (Fsp3) is 0.0465. The van der Waals surface area contributed by atoms with Crippen LogP contribution in [-0.2, 0) is 12.4 Å². The van der Waals surface area contributed by atoms with E-state index in [2.05, 4.69) is 12.1 Å². The maximum Gasteiger partial charge on any atom is 0.416 e. The van der Waals surface area contributed by atoms with Gasteiger partial charge in [-0.3, -0.25) is 0 Å². The molecule has 0 saturated heterocycles. The maximum atomic E-state index is 14.0. The Hall–Kier alpha value is -7.11. The lowest BCUT2D eigenvalue weighted by molar-refractivity contribution is -0.143. The fourth-order valence-corrected chi connectivity index (χ4v) is 6.62. The van der Waals surface area contributed by atoms with Crippen molar-refractivity contribution < 1.29 is 26.3 Å². The fourth-order valence-electron chi connectivity index (χ4n) is 6.62. The maximum absolute atomic E-state index is 14.0. The van der Waals surface area contributed by atoms with E-state index in [1.807, 2.05) is 12.1 Å². The van der Waals surface area contributed by atoms with Crippen molar-refractivity contribution in [3.05, 3.63) is 150 Å². The average molecular weight is 722 g/mol. The third-order valence-electron chi connectivity index (χ3n) is 9.15. The van der Waals surface area contributed by atoms with Crippen molar-refractivity contribution in [1.29, 1.82) is 10.5 Å². The molecule has 0 spiro atoms. The normalized spacial score (nSPS) is 11.9. The minimum atomic E-state index is -5.03. The summed E-state index contributed by atoms with van der Waals surface area (Å²) in [6.07, 6.45) is -10.1. The molecule has 0 bridgehead atoms. The lowest BCUT2D eigenvalue weighted by Crippen LogP contribution is -2.11. The minimum absolute atomic E-state index is 0.109. The van der Waals surface area contributed by atoms with Gasteiger partial charge in [-0.25, -0.2) is 15.0 Å². The number of halogens is 6. The van der Waals surface area contributed by atoms with Gasteiger partial charge in [0.2, 0.25) is 0 Å². The predicted octanol–water partition coefficient (Wildman–Crippen LogP) is 11.8. The van der Waals surface area contributed by atoms with Crippen molar-refractivity contribution in [1.82, 2.24) is 15.0 Å². The van der Waals surface area contributed by atoms with Crippen molar-refractivity contribution in [2.24, 2.45) is 0 Å². The van der Waals surface area contributed by atoms with Crippen LogP contribution in [0, 0.1) is 22.7 Å². The molecule has 2 aromatic heterocycles. The summed E-state index contributed by atoms with van der Waals surface area (Å²) in [6, 6.07) is 36.6. The van der Waals surface area contributed by atoms with E-state index in [1.165, 1.54) is 6.07 Å². The molecule has 0 radical (unpaired) electrons. The molecule has 5 nitrogen and oxygen atoms in total. The Morgan fingerprint density at radius 1 is 0.444 bits per heavy atom. The molecule has 11 heteroatoms. The van der Waals surface area contributed by atoms with Gasteiger partial charge in [0.05, 0.1) is 68.0 Å². The number of rotatable bonds is 4. The molecule has 0 unspecified atom stereocenters. The first-order valence-electron chi connectivity index (χ1n) is 16.4. The molecule has 0 aliphatic carbocycles. The largest absolute Gasteiger partial charge is 0.416 e. The van der Waals surface area contributed by atoms with Crippen LogP contribution >= 0.6 is 0 Å². The first kappa shape index (κ1) is 34.0. The molecule has 260 valence electrons. The summed E-state index contributed by atoms with van der Waals surface area (Å²) in [7, 11) is 0.